The monoisotopic (exact) mass is 840 g/mol. The molecule has 4 aromatic carbocycles. The summed E-state index contributed by atoms with van der Waals surface area (Å²) in [6, 6.07) is 40.6. The van der Waals surface area contributed by atoms with Gasteiger partial charge in [-0.3, -0.25) is 0 Å². The van der Waals surface area contributed by atoms with Crippen molar-refractivity contribution < 1.29 is 13.5 Å². The Bertz CT molecular complexity index is 1590. The van der Waals surface area contributed by atoms with Gasteiger partial charge in [0.25, 0.3) is 0 Å². The van der Waals surface area contributed by atoms with Crippen LogP contribution < -0.4 is 9.91 Å². The van der Waals surface area contributed by atoms with E-state index in [-0.39, 0.29) is 0 Å². The van der Waals surface area contributed by atoms with Gasteiger partial charge < -0.3 is 9.91 Å². The zero-order valence-electron chi connectivity index (χ0n) is 30.4. The van der Waals surface area contributed by atoms with Crippen LogP contribution in [0.4, 0.5) is 11.4 Å². The summed E-state index contributed by atoms with van der Waals surface area (Å²) in [7, 11) is 11.7. The maximum atomic E-state index is 5.67. The second-order valence-corrected chi connectivity index (χ2v) is 23.1. The Morgan fingerprint density at radius 2 is 0.942 bits per heavy atom. The van der Waals surface area contributed by atoms with Gasteiger partial charge in [0.05, 0.1) is 0 Å². The molecule has 0 bridgehead atoms. The van der Waals surface area contributed by atoms with E-state index in [0.717, 1.165) is 28.3 Å². The molecule has 52 heavy (non-hydrogen) atoms. The molecule has 4 aromatic rings. The minimum Gasteiger partial charge on any atom is -0.456 e. The molecule has 4 aliphatic rings. The standard InChI is InChI=1S/C20H16N3.C18H33P.C7H6.2ClH.Ru/c1-4-10-17(11-5-1)20-21-23(19-14-8-3-9-15-19)16-22(20)18-12-6-2-7-13-18;1-4-10-16(11-5-1)19(17-12-6-2-7-13-17)18-14-8-3-9-15-18;1-7-5-3-2-4-6-7;;;/h1-16H;16-18H,1-15H2;1-6H;2*1H;/q-1;;;;;+2/p-2. The van der Waals surface area contributed by atoms with Gasteiger partial charge in [-0.1, -0.05) is 132 Å². The largest absolute Gasteiger partial charge is 0.456 e. The molecule has 278 valence electrons. The molecule has 0 spiro atoms. The maximum absolute atomic E-state index is 5.67. The summed E-state index contributed by atoms with van der Waals surface area (Å²) in [4.78, 5) is 2.11. The van der Waals surface area contributed by atoms with E-state index in [2.05, 4.69) is 41.3 Å². The van der Waals surface area contributed by atoms with Crippen LogP contribution in [-0.4, -0.2) is 27.4 Å². The van der Waals surface area contributed by atoms with E-state index in [1.807, 2.05) is 101 Å². The number of para-hydroxylation sites is 2. The average molecular weight is 841 g/mol. The molecule has 0 atom stereocenters. The van der Waals surface area contributed by atoms with Crippen molar-refractivity contribution in [1.82, 2.24) is 0 Å². The Kier molecular flexibility index (Phi) is 16.3. The maximum Gasteiger partial charge on any atom is 0.129 e. The van der Waals surface area contributed by atoms with Crippen LogP contribution >= 0.6 is 27.3 Å². The molecule has 0 unspecified atom stereocenters. The summed E-state index contributed by atoms with van der Waals surface area (Å²) >= 11 is -1.61. The van der Waals surface area contributed by atoms with Crippen LogP contribution in [0.25, 0.3) is 0 Å². The molecule has 0 aromatic heterocycles. The predicted octanol–water partition coefficient (Wildman–Crippen LogP) is 13.7. The number of benzene rings is 4. The Hall–Kier alpha value is -2.35. The smallest absolute Gasteiger partial charge is 0.129 e. The van der Waals surface area contributed by atoms with Gasteiger partial charge in [0, 0.05) is 16.9 Å². The topological polar surface area (TPSA) is 18.8 Å². The summed E-state index contributed by atoms with van der Waals surface area (Å²) in [5.41, 5.74) is 7.91. The van der Waals surface area contributed by atoms with Crippen LogP contribution in [0.1, 0.15) is 107 Å². The Morgan fingerprint density at radius 3 is 1.38 bits per heavy atom. The molecule has 0 amide bonds. The van der Waals surface area contributed by atoms with Crippen LogP contribution in [0.3, 0.4) is 0 Å². The fourth-order valence-electron chi connectivity index (χ4n) is 8.25. The minimum absolute atomic E-state index is 0.385. The van der Waals surface area contributed by atoms with Gasteiger partial charge in [0.15, 0.2) is 0 Å². The van der Waals surface area contributed by atoms with Crippen molar-refractivity contribution in [2.75, 3.05) is 9.91 Å². The Balaban J connectivity index is 0.000000144. The molecule has 0 N–H and O–H groups in total. The first kappa shape index (κ1) is 39.3. The van der Waals surface area contributed by atoms with Crippen LogP contribution in [0.5, 0.6) is 0 Å². The van der Waals surface area contributed by atoms with Gasteiger partial charge in [-0.05, 0) is 79.8 Å². The summed E-state index contributed by atoms with van der Waals surface area (Å²) < 4.78 is 1.92. The fourth-order valence-corrected chi connectivity index (χ4v) is 14.7. The van der Waals surface area contributed by atoms with Crippen LogP contribution in [-0.2, 0) is 13.5 Å². The molecular formula is C45H55Cl2N3PRu-. The molecule has 8 rings (SSSR count). The SMILES string of the molecule is C1CCC(P(C2CCCCC2)C2CCCCC2)CC1.[Cl][Ru]([Cl])=[CH]c1ccccc1.c1ccc(C2=NN(c3ccccc3)[CH-]N2c2ccccc2)cc1. The summed E-state index contributed by atoms with van der Waals surface area (Å²) in [6.07, 6.45) is 23.6. The molecule has 0 saturated heterocycles. The van der Waals surface area contributed by atoms with E-state index in [0.29, 0.717) is 7.92 Å². The number of amidine groups is 1. The normalized spacial score (nSPS) is 18.8. The molecule has 3 fully saturated rings. The van der Waals surface area contributed by atoms with Gasteiger partial charge in [0.2, 0.25) is 0 Å². The van der Waals surface area contributed by atoms with Crippen molar-refractivity contribution in [1.29, 1.82) is 0 Å². The second kappa shape index (κ2) is 21.5. The molecule has 0 radical (unpaired) electrons. The zero-order chi connectivity index (χ0) is 35.8. The van der Waals surface area contributed by atoms with Crippen molar-refractivity contribution in [3.63, 3.8) is 0 Å². The molecule has 7 heteroatoms. The Morgan fingerprint density at radius 1 is 0.538 bits per heavy atom. The van der Waals surface area contributed by atoms with E-state index in [9.17, 15) is 0 Å². The first-order chi connectivity index (χ1) is 25.7. The van der Waals surface area contributed by atoms with Crippen molar-refractivity contribution in [2.45, 2.75) is 113 Å². The number of rotatable bonds is 7. The van der Waals surface area contributed by atoms with Gasteiger partial charge in [-0.2, -0.15) is 5.10 Å². The summed E-state index contributed by atoms with van der Waals surface area (Å²) in [5.74, 6) is 0.917. The van der Waals surface area contributed by atoms with Crippen LogP contribution in [0.15, 0.2) is 126 Å². The molecule has 3 nitrogen and oxygen atoms in total. The number of hydrogen-bond donors (Lipinski definition) is 0. The van der Waals surface area contributed by atoms with Gasteiger partial charge in [0.1, 0.15) is 5.84 Å². The first-order valence-electron chi connectivity index (χ1n) is 19.5. The number of anilines is 2. The van der Waals surface area contributed by atoms with Crippen molar-refractivity contribution >= 4 is 49.1 Å². The number of halogens is 2. The van der Waals surface area contributed by atoms with E-state index in [1.54, 1.807) is 77.0 Å². The van der Waals surface area contributed by atoms with Crippen molar-refractivity contribution in [3.8, 4) is 0 Å². The summed E-state index contributed by atoms with van der Waals surface area (Å²) in [6.45, 7) is 2.02. The predicted molar refractivity (Wildman–Crippen MR) is 226 cm³/mol. The third kappa shape index (κ3) is 11.8. The fraction of sp³-hybridized carbons (Fsp3) is 0.400. The number of hydrogen-bond acceptors (Lipinski definition) is 3. The van der Waals surface area contributed by atoms with Crippen LogP contribution in [0.2, 0.25) is 0 Å². The van der Waals surface area contributed by atoms with Gasteiger partial charge in [-0.15, -0.1) is 6.67 Å². The quantitative estimate of drug-likeness (QED) is 0.105. The first-order valence-corrected chi connectivity index (χ1v) is 26.5. The van der Waals surface area contributed by atoms with E-state index < -0.39 is 13.5 Å². The summed E-state index contributed by atoms with van der Waals surface area (Å²) in [5, 5.41) is 6.72. The van der Waals surface area contributed by atoms with E-state index in [4.69, 9.17) is 24.5 Å². The van der Waals surface area contributed by atoms with Crippen molar-refractivity contribution in [2.24, 2.45) is 5.10 Å². The average Bonchev–Trinajstić information content (AvgIpc) is 3.67. The van der Waals surface area contributed by atoms with E-state index >= 15 is 0 Å². The second-order valence-electron chi connectivity index (χ2n) is 14.3. The molecule has 3 saturated carbocycles. The van der Waals surface area contributed by atoms with Crippen molar-refractivity contribution in [3.05, 3.63) is 139 Å². The molecular weight excluding hydrogens is 785 g/mol. The van der Waals surface area contributed by atoms with Crippen LogP contribution in [0, 0.1) is 6.67 Å². The molecule has 1 heterocycles. The molecule has 3 aliphatic carbocycles. The minimum atomic E-state index is -1.61. The Labute approximate surface area is 328 Å². The third-order valence-corrected chi connectivity index (χ3v) is 16.7. The van der Waals surface area contributed by atoms with E-state index in [1.165, 1.54) is 36.2 Å². The number of nitrogens with zero attached hydrogens (tertiary/aromatic N) is 3. The van der Waals surface area contributed by atoms with Gasteiger partial charge >= 0.3 is 73.4 Å². The number of hydrazone groups is 1. The van der Waals surface area contributed by atoms with Gasteiger partial charge in [-0.25, -0.2) is 0 Å². The molecule has 1 aliphatic heterocycles. The third-order valence-electron chi connectivity index (χ3n) is 10.7. The zero-order valence-corrected chi connectivity index (χ0v) is 34.6.